The number of benzene rings is 1. The first-order valence-corrected chi connectivity index (χ1v) is 10.4. The zero-order chi connectivity index (χ0) is 24.1. The van der Waals surface area contributed by atoms with E-state index >= 15 is 0 Å². The summed E-state index contributed by atoms with van der Waals surface area (Å²) in [6, 6.07) is 4.46. The molecular formula is C22H29F3N2O5. The molecule has 0 spiro atoms. The number of ether oxygens (including phenoxy) is 2. The van der Waals surface area contributed by atoms with E-state index in [-0.39, 0.29) is 19.1 Å². The van der Waals surface area contributed by atoms with Crippen LogP contribution in [0.1, 0.15) is 39.7 Å². The van der Waals surface area contributed by atoms with Crippen molar-refractivity contribution >= 4 is 18.0 Å². The van der Waals surface area contributed by atoms with Gasteiger partial charge in [0.25, 0.3) is 0 Å². The number of imide groups is 1. The third-order valence-electron chi connectivity index (χ3n) is 5.24. The van der Waals surface area contributed by atoms with Crippen LogP contribution in [-0.2, 0) is 25.7 Å². The smallest absolute Gasteiger partial charge is 0.416 e. The van der Waals surface area contributed by atoms with E-state index in [2.05, 4.69) is 5.32 Å². The predicted molar refractivity (Wildman–Crippen MR) is 109 cm³/mol. The number of carbonyl (C=O) groups is 3. The molecule has 1 heterocycles. The summed E-state index contributed by atoms with van der Waals surface area (Å²) in [5.41, 5.74) is 0.693. The molecule has 0 saturated carbocycles. The van der Waals surface area contributed by atoms with E-state index < -0.39 is 54.6 Å². The molecule has 0 aromatic heterocycles. The van der Waals surface area contributed by atoms with Crippen LogP contribution in [0.25, 0.3) is 0 Å². The number of carbonyl (C=O) groups excluding carboxylic acids is 3. The third-order valence-corrected chi connectivity index (χ3v) is 5.24. The summed E-state index contributed by atoms with van der Waals surface area (Å²) in [5, 5.41) is 2.24. The Balaban J connectivity index is 2.12. The Hall–Kier alpha value is -2.62. The van der Waals surface area contributed by atoms with Gasteiger partial charge in [-0.3, -0.25) is 14.9 Å². The van der Waals surface area contributed by atoms with Crippen molar-refractivity contribution in [3.8, 4) is 0 Å². The number of amides is 2. The van der Waals surface area contributed by atoms with Crippen LogP contribution in [0.2, 0.25) is 0 Å². The van der Waals surface area contributed by atoms with Gasteiger partial charge in [0.1, 0.15) is 25.3 Å². The van der Waals surface area contributed by atoms with Gasteiger partial charge < -0.3 is 9.47 Å². The van der Waals surface area contributed by atoms with Gasteiger partial charge in [0.05, 0.1) is 12.5 Å². The molecule has 0 unspecified atom stereocenters. The topological polar surface area (TPSA) is 84.9 Å². The summed E-state index contributed by atoms with van der Waals surface area (Å²) < 4.78 is 51.3. The maximum Gasteiger partial charge on any atom is 0.416 e. The molecule has 1 aromatic carbocycles. The highest BCUT2D eigenvalue weighted by atomic mass is 19.4. The quantitative estimate of drug-likeness (QED) is 0.569. The monoisotopic (exact) mass is 458 g/mol. The molecule has 0 bridgehead atoms. The molecule has 1 saturated heterocycles. The lowest BCUT2D eigenvalue weighted by molar-refractivity contribution is -0.170. The molecule has 10 heteroatoms. The van der Waals surface area contributed by atoms with Crippen molar-refractivity contribution in [2.24, 2.45) is 11.8 Å². The summed E-state index contributed by atoms with van der Waals surface area (Å²) in [4.78, 5) is 37.8. The molecule has 2 amide bonds. The summed E-state index contributed by atoms with van der Waals surface area (Å²) in [6.07, 6.45) is -6.84. The van der Waals surface area contributed by atoms with Crippen LogP contribution in [-0.4, -0.2) is 53.8 Å². The molecule has 1 aliphatic heterocycles. The van der Waals surface area contributed by atoms with Crippen molar-refractivity contribution in [2.45, 2.75) is 65.0 Å². The molecule has 178 valence electrons. The van der Waals surface area contributed by atoms with Gasteiger partial charge in [0, 0.05) is 0 Å². The normalized spacial score (nSPS) is 18.6. The van der Waals surface area contributed by atoms with Gasteiger partial charge in [-0.25, -0.2) is 9.69 Å². The van der Waals surface area contributed by atoms with Gasteiger partial charge in [-0.1, -0.05) is 58.0 Å². The van der Waals surface area contributed by atoms with E-state index in [1.807, 2.05) is 0 Å². The van der Waals surface area contributed by atoms with Crippen molar-refractivity contribution in [3.63, 3.8) is 0 Å². The predicted octanol–water partition coefficient (Wildman–Crippen LogP) is 3.67. The minimum Gasteiger partial charge on any atom is -0.460 e. The highest BCUT2D eigenvalue weighted by Crippen LogP contribution is 2.27. The van der Waals surface area contributed by atoms with Crippen molar-refractivity contribution in [1.29, 1.82) is 0 Å². The third kappa shape index (κ3) is 6.69. The highest BCUT2D eigenvalue weighted by molar-refractivity contribution is 5.94. The van der Waals surface area contributed by atoms with Gasteiger partial charge in [-0.05, 0) is 17.4 Å². The van der Waals surface area contributed by atoms with Crippen molar-refractivity contribution in [1.82, 2.24) is 10.2 Å². The van der Waals surface area contributed by atoms with E-state index in [9.17, 15) is 27.6 Å². The number of nitrogens with one attached hydrogen (secondary N) is 1. The molecule has 1 fully saturated rings. The number of hydrogen-bond acceptors (Lipinski definition) is 6. The summed E-state index contributed by atoms with van der Waals surface area (Å²) >= 11 is 0. The number of hydrogen-bond donors (Lipinski definition) is 1. The molecule has 2 rings (SSSR count). The number of alkyl halides is 3. The number of nitrogens with zero attached hydrogens (tertiary/aromatic N) is 1. The van der Waals surface area contributed by atoms with Crippen LogP contribution in [0, 0.1) is 11.8 Å². The largest absolute Gasteiger partial charge is 0.460 e. The fourth-order valence-corrected chi connectivity index (χ4v) is 3.32. The van der Waals surface area contributed by atoms with E-state index in [1.165, 1.54) is 0 Å². The van der Waals surface area contributed by atoms with Crippen LogP contribution >= 0.6 is 0 Å². The standard InChI is InChI=1S/C22H29F3N2O5/c1-13(2)16-12-32-21(30)27(16)18(28)10-17(22(23,24)25)26-19(14(3)4)20(29)31-11-15-8-6-5-7-9-15/h5-9,13-14,16-17,19,26H,10-12H2,1-4H3/t16-,17+,19+/m1/s1. The number of esters is 1. The van der Waals surface area contributed by atoms with Crippen LogP contribution in [0.15, 0.2) is 30.3 Å². The van der Waals surface area contributed by atoms with Crippen LogP contribution in [0.5, 0.6) is 0 Å². The number of cyclic esters (lactones) is 1. The second-order valence-corrected chi connectivity index (χ2v) is 8.43. The van der Waals surface area contributed by atoms with Gasteiger partial charge in [-0.15, -0.1) is 0 Å². The number of rotatable bonds is 9. The second kappa shape index (κ2) is 10.8. The SMILES string of the molecule is CC(C)[C@H](N[C@@H](CC(=O)N1C(=O)OC[C@@H]1C(C)C)C(F)(F)F)C(=O)OCc1ccccc1. The summed E-state index contributed by atoms with van der Waals surface area (Å²) in [5.74, 6) is -2.59. The zero-order valence-corrected chi connectivity index (χ0v) is 18.5. The molecule has 1 aromatic rings. The lowest BCUT2D eigenvalue weighted by Gasteiger charge is -2.30. The van der Waals surface area contributed by atoms with Gasteiger partial charge in [-0.2, -0.15) is 13.2 Å². The van der Waals surface area contributed by atoms with Crippen molar-refractivity contribution in [3.05, 3.63) is 35.9 Å². The molecule has 32 heavy (non-hydrogen) atoms. The van der Waals surface area contributed by atoms with Crippen LogP contribution in [0.3, 0.4) is 0 Å². The maximum atomic E-state index is 13.8. The van der Waals surface area contributed by atoms with E-state index in [1.54, 1.807) is 58.0 Å². The Labute approximate surface area is 185 Å². The molecular weight excluding hydrogens is 429 g/mol. The minimum absolute atomic E-state index is 0.0627. The molecule has 1 N–H and O–H groups in total. The van der Waals surface area contributed by atoms with E-state index in [0.717, 1.165) is 4.90 Å². The van der Waals surface area contributed by atoms with Crippen LogP contribution < -0.4 is 5.32 Å². The Morgan fingerprint density at radius 3 is 2.34 bits per heavy atom. The average Bonchev–Trinajstić information content (AvgIpc) is 3.10. The number of halogens is 3. The summed E-state index contributed by atoms with van der Waals surface area (Å²) in [6.45, 7) is 6.48. The van der Waals surface area contributed by atoms with E-state index in [4.69, 9.17) is 9.47 Å². The van der Waals surface area contributed by atoms with Crippen LogP contribution in [0.4, 0.5) is 18.0 Å². The maximum absolute atomic E-state index is 13.8. The molecule has 3 atom stereocenters. The fraction of sp³-hybridized carbons (Fsp3) is 0.591. The molecule has 7 nitrogen and oxygen atoms in total. The van der Waals surface area contributed by atoms with Crippen molar-refractivity contribution in [2.75, 3.05) is 6.61 Å². The molecule has 1 aliphatic rings. The fourth-order valence-electron chi connectivity index (χ4n) is 3.32. The minimum atomic E-state index is -4.83. The molecule has 0 radical (unpaired) electrons. The highest BCUT2D eigenvalue weighted by Gasteiger charge is 2.47. The average molecular weight is 458 g/mol. The zero-order valence-electron chi connectivity index (χ0n) is 18.5. The lowest BCUT2D eigenvalue weighted by atomic mass is 10.0. The lowest BCUT2D eigenvalue weighted by Crippen LogP contribution is -2.55. The molecule has 0 aliphatic carbocycles. The first kappa shape index (κ1) is 25.6. The second-order valence-electron chi connectivity index (χ2n) is 8.43. The Morgan fingerprint density at radius 1 is 1.19 bits per heavy atom. The first-order valence-electron chi connectivity index (χ1n) is 10.4. The van der Waals surface area contributed by atoms with E-state index in [0.29, 0.717) is 5.56 Å². The van der Waals surface area contributed by atoms with Gasteiger partial charge in [0.15, 0.2) is 0 Å². The van der Waals surface area contributed by atoms with Crippen molar-refractivity contribution < 1.29 is 37.0 Å². The Morgan fingerprint density at radius 2 is 1.81 bits per heavy atom. The Kier molecular flexibility index (Phi) is 8.65. The summed E-state index contributed by atoms with van der Waals surface area (Å²) in [7, 11) is 0. The first-order chi connectivity index (χ1) is 14.9. The Bertz CT molecular complexity index is 799. The van der Waals surface area contributed by atoms with Gasteiger partial charge >= 0.3 is 18.2 Å². The van der Waals surface area contributed by atoms with Gasteiger partial charge in [0.2, 0.25) is 5.91 Å².